The SMILES string of the molecule is O=C1CCCC[C@@H](C[C@H](O)CCc2ccccc2)N1. The van der Waals surface area contributed by atoms with Crippen LogP contribution < -0.4 is 5.32 Å². The Labute approximate surface area is 115 Å². The van der Waals surface area contributed by atoms with E-state index in [-0.39, 0.29) is 18.1 Å². The Morgan fingerprint density at radius 2 is 2.05 bits per heavy atom. The highest BCUT2D eigenvalue weighted by molar-refractivity contribution is 5.76. The van der Waals surface area contributed by atoms with E-state index in [1.807, 2.05) is 18.2 Å². The van der Waals surface area contributed by atoms with Gasteiger partial charge in [0.05, 0.1) is 6.10 Å². The number of aliphatic hydroxyl groups is 1. The third-order valence-corrected chi connectivity index (χ3v) is 3.74. The predicted octanol–water partition coefficient (Wildman–Crippen LogP) is 2.43. The van der Waals surface area contributed by atoms with Crippen LogP contribution in [0, 0.1) is 0 Å². The molecular weight excluding hydrogens is 238 g/mol. The minimum Gasteiger partial charge on any atom is -0.393 e. The molecule has 1 aliphatic heterocycles. The second kappa shape index (κ2) is 7.29. The molecule has 19 heavy (non-hydrogen) atoms. The number of aliphatic hydroxyl groups excluding tert-OH is 1. The van der Waals surface area contributed by atoms with E-state index < -0.39 is 0 Å². The third kappa shape index (κ3) is 5.03. The van der Waals surface area contributed by atoms with Crippen molar-refractivity contribution in [2.24, 2.45) is 0 Å². The fraction of sp³-hybridized carbons (Fsp3) is 0.562. The van der Waals surface area contributed by atoms with Gasteiger partial charge >= 0.3 is 0 Å². The molecule has 3 nitrogen and oxygen atoms in total. The van der Waals surface area contributed by atoms with E-state index in [1.165, 1.54) is 5.56 Å². The van der Waals surface area contributed by atoms with Crippen LogP contribution in [0.2, 0.25) is 0 Å². The van der Waals surface area contributed by atoms with E-state index in [0.717, 1.165) is 32.1 Å². The van der Waals surface area contributed by atoms with Crippen molar-refractivity contribution in [3.05, 3.63) is 35.9 Å². The Morgan fingerprint density at radius 3 is 2.84 bits per heavy atom. The van der Waals surface area contributed by atoms with Crippen molar-refractivity contribution in [1.29, 1.82) is 0 Å². The van der Waals surface area contributed by atoms with Gasteiger partial charge < -0.3 is 10.4 Å². The molecule has 1 heterocycles. The number of carbonyl (C=O) groups is 1. The zero-order valence-corrected chi connectivity index (χ0v) is 11.3. The van der Waals surface area contributed by atoms with Crippen molar-refractivity contribution in [1.82, 2.24) is 5.32 Å². The van der Waals surface area contributed by atoms with Crippen LogP contribution in [-0.2, 0) is 11.2 Å². The number of benzene rings is 1. The summed E-state index contributed by atoms with van der Waals surface area (Å²) in [5.74, 6) is 0.137. The van der Waals surface area contributed by atoms with E-state index in [9.17, 15) is 9.90 Å². The highest BCUT2D eigenvalue weighted by atomic mass is 16.3. The Hall–Kier alpha value is -1.35. The second-order valence-corrected chi connectivity index (χ2v) is 5.42. The van der Waals surface area contributed by atoms with Gasteiger partial charge in [-0.25, -0.2) is 0 Å². The number of amides is 1. The number of rotatable bonds is 5. The van der Waals surface area contributed by atoms with Gasteiger partial charge in [0, 0.05) is 12.5 Å². The second-order valence-electron chi connectivity index (χ2n) is 5.42. The average molecular weight is 261 g/mol. The highest BCUT2D eigenvalue weighted by Crippen LogP contribution is 2.15. The normalized spacial score (nSPS) is 21.5. The predicted molar refractivity (Wildman–Crippen MR) is 75.8 cm³/mol. The van der Waals surface area contributed by atoms with Crippen molar-refractivity contribution in [3.63, 3.8) is 0 Å². The highest BCUT2D eigenvalue weighted by Gasteiger charge is 2.19. The molecule has 2 atom stereocenters. The quantitative estimate of drug-likeness (QED) is 0.855. The summed E-state index contributed by atoms with van der Waals surface area (Å²) < 4.78 is 0. The number of hydrogen-bond acceptors (Lipinski definition) is 2. The first-order valence-electron chi connectivity index (χ1n) is 7.25. The molecule has 1 saturated heterocycles. The van der Waals surface area contributed by atoms with E-state index in [0.29, 0.717) is 12.8 Å². The van der Waals surface area contributed by atoms with Gasteiger partial charge in [0.1, 0.15) is 0 Å². The lowest BCUT2D eigenvalue weighted by atomic mass is 9.99. The summed E-state index contributed by atoms with van der Waals surface area (Å²) in [5, 5.41) is 13.1. The first kappa shape index (κ1) is 14.1. The maximum atomic E-state index is 11.5. The zero-order valence-electron chi connectivity index (χ0n) is 11.3. The standard InChI is InChI=1S/C16H23NO2/c18-15(11-10-13-6-2-1-3-7-13)12-14-8-4-5-9-16(19)17-14/h1-3,6-7,14-15,18H,4-5,8-12H2,(H,17,19)/t14-,15+/m0/s1. The van der Waals surface area contributed by atoms with Crippen LogP contribution in [-0.4, -0.2) is 23.2 Å². The van der Waals surface area contributed by atoms with Gasteiger partial charge in [-0.1, -0.05) is 36.8 Å². The Morgan fingerprint density at radius 1 is 1.26 bits per heavy atom. The van der Waals surface area contributed by atoms with Crippen molar-refractivity contribution in [2.45, 2.75) is 57.1 Å². The topological polar surface area (TPSA) is 49.3 Å². The summed E-state index contributed by atoms with van der Waals surface area (Å²) in [6, 6.07) is 10.4. The van der Waals surface area contributed by atoms with Gasteiger partial charge in [0.15, 0.2) is 0 Å². The fourth-order valence-corrected chi connectivity index (χ4v) is 2.65. The summed E-state index contributed by atoms with van der Waals surface area (Å²) in [7, 11) is 0. The van der Waals surface area contributed by atoms with E-state index in [2.05, 4.69) is 17.4 Å². The molecule has 104 valence electrons. The van der Waals surface area contributed by atoms with Crippen LogP contribution in [0.25, 0.3) is 0 Å². The molecular formula is C16H23NO2. The molecule has 0 aliphatic carbocycles. The molecule has 1 fully saturated rings. The van der Waals surface area contributed by atoms with E-state index >= 15 is 0 Å². The Balaban J connectivity index is 1.74. The molecule has 1 aromatic rings. The molecule has 0 radical (unpaired) electrons. The van der Waals surface area contributed by atoms with Gasteiger partial charge in [0.2, 0.25) is 5.91 Å². The lowest BCUT2D eigenvalue weighted by Gasteiger charge is -2.19. The molecule has 2 N–H and O–H groups in total. The van der Waals surface area contributed by atoms with Crippen LogP contribution in [0.5, 0.6) is 0 Å². The smallest absolute Gasteiger partial charge is 0.220 e. The Kier molecular flexibility index (Phi) is 5.40. The summed E-state index contributed by atoms with van der Waals surface area (Å²) in [6.07, 6.45) is 5.68. The zero-order chi connectivity index (χ0) is 13.5. The summed E-state index contributed by atoms with van der Waals surface area (Å²) in [4.78, 5) is 11.5. The summed E-state index contributed by atoms with van der Waals surface area (Å²) in [5.41, 5.74) is 1.26. The fourth-order valence-electron chi connectivity index (χ4n) is 2.65. The van der Waals surface area contributed by atoms with Crippen LogP contribution >= 0.6 is 0 Å². The van der Waals surface area contributed by atoms with Crippen LogP contribution in [0.15, 0.2) is 30.3 Å². The number of aryl methyl sites for hydroxylation is 1. The maximum Gasteiger partial charge on any atom is 0.220 e. The van der Waals surface area contributed by atoms with Gasteiger partial charge in [-0.3, -0.25) is 4.79 Å². The van der Waals surface area contributed by atoms with Crippen LogP contribution in [0.4, 0.5) is 0 Å². The number of carbonyl (C=O) groups excluding carboxylic acids is 1. The first-order valence-corrected chi connectivity index (χ1v) is 7.25. The van der Waals surface area contributed by atoms with Gasteiger partial charge in [-0.05, 0) is 37.7 Å². The van der Waals surface area contributed by atoms with E-state index in [4.69, 9.17) is 0 Å². The maximum absolute atomic E-state index is 11.5. The molecule has 3 heteroatoms. The molecule has 1 aliphatic rings. The molecule has 1 aromatic carbocycles. The molecule has 0 spiro atoms. The van der Waals surface area contributed by atoms with Gasteiger partial charge in [-0.2, -0.15) is 0 Å². The number of nitrogens with one attached hydrogen (secondary N) is 1. The molecule has 1 amide bonds. The minimum absolute atomic E-state index is 0.137. The average Bonchev–Trinajstić information content (AvgIpc) is 2.62. The van der Waals surface area contributed by atoms with Crippen molar-refractivity contribution >= 4 is 5.91 Å². The van der Waals surface area contributed by atoms with Crippen molar-refractivity contribution in [2.75, 3.05) is 0 Å². The summed E-state index contributed by atoms with van der Waals surface area (Å²) >= 11 is 0. The largest absolute Gasteiger partial charge is 0.393 e. The molecule has 0 unspecified atom stereocenters. The molecule has 0 aromatic heterocycles. The third-order valence-electron chi connectivity index (χ3n) is 3.74. The lowest BCUT2D eigenvalue weighted by molar-refractivity contribution is -0.121. The van der Waals surface area contributed by atoms with Gasteiger partial charge in [0.25, 0.3) is 0 Å². The van der Waals surface area contributed by atoms with Crippen LogP contribution in [0.1, 0.15) is 44.1 Å². The van der Waals surface area contributed by atoms with Crippen LogP contribution in [0.3, 0.4) is 0 Å². The number of hydrogen-bond donors (Lipinski definition) is 2. The molecule has 0 saturated carbocycles. The van der Waals surface area contributed by atoms with E-state index in [1.54, 1.807) is 0 Å². The monoisotopic (exact) mass is 261 g/mol. The molecule has 2 rings (SSSR count). The van der Waals surface area contributed by atoms with Crippen molar-refractivity contribution < 1.29 is 9.90 Å². The first-order chi connectivity index (χ1) is 9.24. The van der Waals surface area contributed by atoms with Crippen molar-refractivity contribution in [3.8, 4) is 0 Å². The minimum atomic E-state index is -0.330. The Bertz CT molecular complexity index is 391. The lowest BCUT2D eigenvalue weighted by Crippen LogP contribution is -2.35. The summed E-state index contributed by atoms with van der Waals surface area (Å²) in [6.45, 7) is 0. The molecule has 0 bridgehead atoms. The van der Waals surface area contributed by atoms with Gasteiger partial charge in [-0.15, -0.1) is 0 Å².